The molecule has 0 aliphatic heterocycles. The van der Waals surface area contributed by atoms with Gasteiger partial charge < -0.3 is 10.4 Å². The number of halogens is 1. The van der Waals surface area contributed by atoms with E-state index in [-0.39, 0.29) is 23.4 Å². The number of anilines is 1. The maximum atomic E-state index is 11.0. The Morgan fingerprint density at radius 1 is 1.44 bits per heavy atom. The maximum Gasteiger partial charge on any atom is 0.156 e. The summed E-state index contributed by atoms with van der Waals surface area (Å²) in [7, 11) is 0. The van der Waals surface area contributed by atoms with E-state index in [9.17, 15) is 4.79 Å². The van der Waals surface area contributed by atoms with Gasteiger partial charge in [0.1, 0.15) is 16.8 Å². The number of carbonyl (C=O) groups excluding carboxylic acids is 1. The van der Waals surface area contributed by atoms with E-state index in [0.717, 1.165) is 0 Å². The van der Waals surface area contributed by atoms with Gasteiger partial charge in [0.15, 0.2) is 6.29 Å². The van der Waals surface area contributed by atoms with Crippen LogP contribution >= 0.6 is 11.6 Å². The van der Waals surface area contributed by atoms with Crippen molar-refractivity contribution in [1.29, 1.82) is 0 Å². The molecule has 0 aromatic carbocycles. The van der Waals surface area contributed by atoms with Crippen molar-refractivity contribution >= 4 is 23.7 Å². The van der Waals surface area contributed by atoms with E-state index < -0.39 is 0 Å². The van der Waals surface area contributed by atoms with Gasteiger partial charge in [-0.15, -0.1) is 0 Å². The molecule has 0 aliphatic carbocycles. The van der Waals surface area contributed by atoms with Crippen molar-refractivity contribution < 1.29 is 9.90 Å². The molecule has 0 bridgehead atoms. The van der Waals surface area contributed by atoms with Crippen LogP contribution in [0.25, 0.3) is 0 Å². The average molecular weight is 272 g/mol. The summed E-state index contributed by atoms with van der Waals surface area (Å²) in [6, 6.07) is 0.0269. The van der Waals surface area contributed by atoms with Crippen LogP contribution in [0.15, 0.2) is 0 Å². The van der Waals surface area contributed by atoms with Crippen LogP contribution in [0.3, 0.4) is 0 Å². The summed E-state index contributed by atoms with van der Waals surface area (Å²) in [4.78, 5) is 19.1. The number of hydrogen-bond acceptors (Lipinski definition) is 5. The first kappa shape index (κ1) is 14.9. The fraction of sp³-hybridized carbons (Fsp3) is 0.583. The van der Waals surface area contributed by atoms with Gasteiger partial charge in [-0.3, -0.25) is 4.79 Å². The van der Waals surface area contributed by atoms with Gasteiger partial charge in [0.05, 0.1) is 5.56 Å². The molecule has 0 saturated carbocycles. The molecule has 1 aromatic rings. The van der Waals surface area contributed by atoms with Crippen LogP contribution in [0.2, 0.25) is 5.15 Å². The van der Waals surface area contributed by atoms with Crippen LogP contribution in [0.4, 0.5) is 5.82 Å². The smallest absolute Gasteiger partial charge is 0.156 e. The molecule has 0 fully saturated rings. The minimum absolute atomic E-state index is 0.0269. The van der Waals surface area contributed by atoms with Gasteiger partial charge >= 0.3 is 0 Å². The van der Waals surface area contributed by atoms with Crippen LogP contribution in [0.1, 0.15) is 36.5 Å². The largest absolute Gasteiger partial charge is 0.396 e. The first-order valence-electron chi connectivity index (χ1n) is 5.86. The number of aliphatic hydroxyl groups excluding tert-OH is 1. The van der Waals surface area contributed by atoms with Crippen molar-refractivity contribution in [3.63, 3.8) is 0 Å². The van der Waals surface area contributed by atoms with Crippen molar-refractivity contribution in [1.82, 2.24) is 9.97 Å². The van der Waals surface area contributed by atoms with Crippen molar-refractivity contribution in [2.45, 2.75) is 33.2 Å². The van der Waals surface area contributed by atoms with E-state index in [1.807, 2.05) is 13.8 Å². The standard InChI is InChI=1S/C12H18ClN3O2/c1-7(2)10(4-5-17)16-12-9(6-18)11(13)14-8(3)15-12/h6-7,10,17H,4-5H2,1-3H3,(H,14,15,16). The molecule has 6 heteroatoms. The molecule has 0 spiro atoms. The number of aliphatic hydroxyl groups is 1. The van der Waals surface area contributed by atoms with E-state index in [2.05, 4.69) is 15.3 Å². The molecule has 0 aliphatic rings. The zero-order chi connectivity index (χ0) is 13.7. The Morgan fingerprint density at radius 3 is 2.61 bits per heavy atom. The molecule has 0 radical (unpaired) electrons. The number of hydrogen-bond donors (Lipinski definition) is 2. The molecule has 18 heavy (non-hydrogen) atoms. The van der Waals surface area contributed by atoms with Crippen LogP contribution < -0.4 is 5.32 Å². The molecule has 1 unspecified atom stereocenters. The highest BCUT2D eigenvalue weighted by Gasteiger charge is 2.17. The normalized spacial score (nSPS) is 12.6. The highest BCUT2D eigenvalue weighted by Crippen LogP contribution is 2.21. The highest BCUT2D eigenvalue weighted by molar-refractivity contribution is 6.32. The predicted molar refractivity (Wildman–Crippen MR) is 71.1 cm³/mol. The van der Waals surface area contributed by atoms with Crippen molar-refractivity contribution in [2.24, 2.45) is 5.92 Å². The second kappa shape index (κ2) is 6.66. The Bertz CT molecular complexity index is 424. The number of aldehydes is 1. The number of nitrogens with zero attached hydrogens (tertiary/aromatic N) is 2. The molecule has 0 saturated heterocycles. The van der Waals surface area contributed by atoms with Gasteiger partial charge in [-0.05, 0) is 19.3 Å². The van der Waals surface area contributed by atoms with Crippen LogP contribution in [0.5, 0.6) is 0 Å². The lowest BCUT2D eigenvalue weighted by atomic mass is 10.0. The van der Waals surface area contributed by atoms with Gasteiger partial charge in [0.25, 0.3) is 0 Å². The Balaban J connectivity index is 3.04. The zero-order valence-electron chi connectivity index (χ0n) is 10.8. The molecular weight excluding hydrogens is 254 g/mol. The number of aryl methyl sites for hydroxylation is 1. The molecule has 2 N–H and O–H groups in total. The quantitative estimate of drug-likeness (QED) is 0.612. The summed E-state index contributed by atoms with van der Waals surface area (Å²) in [6.07, 6.45) is 1.22. The zero-order valence-corrected chi connectivity index (χ0v) is 11.5. The summed E-state index contributed by atoms with van der Waals surface area (Å²) < 4.78 is 0. The minimum Gasteiger partial charge on any atom is -0.396 e. The Labute approximate surface area is 112 Å². The van der Waals surface area contributed by atoms with Gasteiger partial charge in [0, 0.05) is 12.6 Å². The fourth-order valence-corrected chi connectivity index (χ4v) is 1.90. The lowest BCUT2D eigenvalue weighted by molar-refractivity contribution is 0.112. The first-order chi connectivity index (χ1) is 8.49. The summed E-state index contributed by atoms with van der Waals surface area (Å²) in [6.45, 7) is 5.85. The predicted octanol–water partition coefficient (Wildman–Crippen LogP) is 2.07. The number of carbonyl (C=O) groups is 1. The number of aromatic nitrogens is 2. The maximum absolute atomic E-state index is 11.0. The Hall–Kier alpha value is -1.20. The summed E-state index contributed by atoms with van der Waals surface area (Å²) in [5.41, 5.74) is 0.255. The number of nitrogens with one attached hydrogen (secondary N) is 1. The fourth-order valence-electron chi connectivity index (χ4n) is 1.65. The van der Waals surface area contributed by atoms with Crippen molar-refractivity contribution in [3.8, 4) is 0 Å². The van der Waals surface area contributed by atoms with Gasteiger partial charge in [-0.25, -0.2) is 9.97 Å². The van der Waals surface area contributed by atoms with E-state index in [4.69, 9.17) is 16.7 Å². The second-order valence-corrected chi connectivity index (χ2v) is 4.81. The molecule has 100 valence electrons. The lowest BCUT2D eigenvalue weighted by Crippen LogP contribution is -2.28. The van der Waals surface area contributed by atoms with Crippen molar-refractivity contribution in [3.05, 3.63) is 16.5 Å². The second-order valence-electron chi connectivity index (χ2n) is 4.45. The van der Waals surface area contributed by atoms with E-state index in [1.165, 1.54) is 0 Å². The topological polar surface area (TPSA) is 75.1 Å². The Morgan fingerprint density at radius 2 is 2.11 bits per heavy atom. The van der Waals surface area contributed by atoms with Gasteiger partial charge in [-0.1, -0.05) is 25.4 Å². The van der Waals surface area contributed by atoms with E-state index in [0.29, 0.717) is 30.3 Å². The van der Waals surface area contributed by atoms with E-state index in [1.54, 1.807) is 6.92 Å². The minimum atomic E-state index is 0.0269. The third-order valence-corrected chi connectivity index (χ3v) is 2.98. The number of rotatable bonds is 6. The summed E-state index contributed by atoms with van der Waals surface area (Å²) in [5.74, 6) is 1.22. The highest BCUT2D eigenvalue weighted by atomic mass is 35.5. The van der Waals surface area contributed by atoms with Crippen LogP contribution in [0, 0.1) is 12.8 Å². The molecule has 1 rings (SSSR count). The lowest BCUT2D eigenvalue weighted by Gasteiger charge is -2.23. The molecule has 5 nitrogen and oxygen atoms in total. The van der Waals surface area contributed by atoms with Gasteiger partial charge in [-0.2, -0.15) is 0 Å². The monoisotopic (exact) mass is 271 g/mol. The Kier molecular flexibility index (Phi) is 5.50. The van der Waals surface area contributed by atoms with E-state index >= 15 is 0 Å². The van der Waals surface area contributed by atoms with Crippen molar-refractivity contribution in [2.75, 3.05) is 11.9 Å². The molecule has 1 heterocycles. The van der Waals surface area contributed by atoms with Gasteiger partial charge in [0.2, 0.25) is 0 Å². The van der Waals surface area contributed by atoms with Crippen LogP contribution in [-0.4, -0.2) is 34.0 Å². The molecule has 0 amide bonds. The summed E-state index contributed by atoms with van der Waals surface area (Å²) in [5, 5.41) is 12.3. The summed E-state index contributed by atoms with van der Waals surface area (Å²) >= 11 is 5.90. The molecular formula is C12H18ClN3O2. The molecule has 1 aromatic heterocycles. The third-order valence-electron chi connectivity index (χ3n) is 2.70. The average Bonchev–Trinajstić information content (AvgIpc) is 2.27. The third kappa shape index (κ3) is 3.65. The SMILES string of the molecule is Cc1nc(Cl)c(C=O)c(NC(CCO)C(C)C)n1. The van der Waals surface area contributed by atoms with Crippen LogP contribution in [-0.2, 0) is 0 Å². The first-order valence-corrected chi connectivity index (χ1v) is 6.24. The molecule has 1 atom stereocenters.